The zero-order chi connectivity index (χ0) is 17.6. The number of hydrogen-bond donors (Lipinski definition) is 1. The van der Waals surface area contributed by atoms with Crippen LogP contribution in [0.3, 0.4) is 0 Å². The highest BCUT2D eigenvalue weighted by atomic mass is 79.9. The monoisotopic (exact) mass is 423 g/mol. The lowest BCUT2D eigenvalue weighted by molar-refractivity contribution is 0.0920. The minimum absolute atomic E-state index is 0.217. The first-order valence-corrected chi connectivity index (χ1v) is 8.70. The van der Waals surface area contributed by atoms with Gasteiger partial charge in [-0.15, -0.1) is 0 Å². The number of benzene rings is 1. The van der Waals surface area contributed by atoms with Crippen molar-refractivity contribution in [1.29, 1.82) is 0 Å². The summed E-state index contributed by atoms with van der Waals surface area (Å²) < 4.78 is 13.7. The molecule has 2 aromatic heterocycles. The van der Waals surface area contributed by atoms with Gasteiger partial charge in [0.2, 0.25) is 0 Å². The third kappa shape index (κ3) is 5.11. The standard InChI is InChI=1S/C17H15BrClN3O3/c18-12-9-21-22(10-12)7-6-20-17(23)16-5-4-15(25-16)11-24-14-3-1-2-13(19)8-14/h1-5,8-10H,6-7,11H2,(H,20,23). The molecule has 25 heavy (non-hydrogen) atoms. The molecule has 0 spiro atoms. The first-order chi connectivity index (χ1) is 12.1. The molecular formula is C17H15BrClN3O3. The van der Waals surface area contributed by atoms with Gasteiger partial charge in [0.15, 0.2) is 5.76 Å². The van der Waals surface area contributed by atoms with E-state index in [-0.39, 0.29) is 18.3 Å². The zero-order valence-corrected chi connectivity index (χ0v) is 15.5. The lowest BCUT2D eigenvalue weighted by atomic mass is 10.3. The highest BCUT2D eigenvalue weighted by molar-refractivity contribution is 9.10. The van der Waals surface area contributed by atoms with Crippen LogP contribution in [0.1, 0.15) is 16.3 Å². The Balaban J connectivity index is 1.47. The number of rotatable bonds is 7. The van der Waals surface area contributed by atoms with E-state index in [1.807, 2.05) is 6.20 Å². The second-order valence-electron chi connectivity index (χ2n) is 5.19. The Morgan fingerprint density at radius 3 is 3.00 bits per heavy atom. The molecule has 0 aliphatic carbocycles. The van der Waals surface area contributed by atoms with Crippen LogP contribution in [0.5, 0.6) is 5.75 Å². The molecule has 0 unspecified atom stereocenters. The van der Waals surface area contributed by atoms with Gasteiger partial charge in [0.1, 0.15) is 18.1 Å². The zero-order valence-electron chi connectivity index (χ0n) is 13.1. The number of amides is 1. The van der Waals surface area contributed by atoms with Gasteiger partial charge in [-0.1, -0.05) is 17.7 Å². The fourth-order valence-corrected chi connectivity index (χ4v) is 2.63. The maximum Gasteiger partial charge on any atom is 0.287 e. The molecule has 0 radical (unpaired) electrons. The largest absolute Gasteiger partial charge is 0.486 e. The van der Waals surface area contributed by atoms with Crippen molar-refractivity contribution in [3.05, 3.63) is 69.8 Å². The SMILES string of the molecule is O=C(NCCn1cc(Br)cn1)c1ccc(COc2cccc(Cl)c2)o1. The van der Waals surface area contributed by atoms with Crippen molar-refractivity contribution < 1.29 is 13.9 Å². The van der Waals surface area contributed by atoms with Crippen LogP contribution in [0.4, 0.5) is 0 Å². The maximum atomic E-state index is 12.1. The first kappa shape index (κ1) is 17.6. The van der Waals surface area contributed by atoms with Crippen molar-refractivity contribution in [3.8, 4) is 5.75 Å². The Labute approximate surface area is 157 Å². The lowest BCUT2D eigenvalue weighted by Gasteiger charge is -2.05. The fourth-order valence-electron chi connectivity index (χ4n) is 2.12. The summed E-state index contributed by atoms with van der Waals surface area (Å²) in [5.74, 6) is 1.16. The number of furan rings is 1. The molecule has 1 aromatic carbocycles. The van der Waals surface area contributed by atoms with E-state index in [0.717, 1.165) is 4.47 Å². The average Bonchev–Trinajstić information content (AvgIpc) is 3.22. The molecule has 0 fully saturated rings. The molecule has 2 heterocycles. The van der Waals surface area contributed by atoms with Gasteiger partial charge in [0.25, 0.3) is 5.91 Å². The van der Waals surface area contributed by atoms with E-state index in [9.17, 15) is 4.79 Å². The van der Waals surface area contributed by atoms with Gasteiger partial charge in [0, 0.05) is 17.8 Å². The van der Waals surface area contributed by atoms with Gasteiger partial charge < -0.3 is 14.5 Å². The summed E-state index contributed by atoms with van der Waals surface area (Å²) in [5.41, 5.74) is 0. The van der Waals surface area contributed by atoms with Crippen LogP contribution in [0, 0.1) is 0 Å². The highest BCUT2D eigenvalue weighted by Gasteiger charge is 2.11. The maximum absolute atomic E-state index is 12.1. The van der Waals surface area contributed by atoms with E-state index in [1.165, 1.54) is 0 Å². The predicted octanol–water partition coefficient (Wildman–Crippen LogP) is 3.90. The summed E-state index contributed by atoms with van der Waals surface area (Å²) in [6, 6.07) is 10.4. The number of ether oxygens (including phenoxy) is 1. The van der Waals surface area contributed by atoms with Crippen LogP contribution in [-0.2, 0) is 13.2 Å². The van der Waals surface area contributed by atoms with Gasteiger partial charge in [-0.2, -0.15) is 5.10 Å². The summed E-state index contributed by atoms with van der Waals surface area (Å²) in [6.45, 7) is 1.24. The van der Waals surface area contributed by atoms with Crippen molar-refractivity contribution in [2.24, 2.45) is 0 Å². The Morgan fingerprint density at radius 1 is 1.36 bits per heavy atom. The van der Waals surface area contributed by atoms with E-state index >= 15 is 0 Å². The molecule has 0 aliphatic rings. The molecule has 0 saturated heterocycles. The molecule has 8 heteroatoms. The Morgan fingerprint density at radius 2 is 2.24 bits per heavy atom. The second kappa shape index (κ2) is 8.22. The Hall–Kier alpha value is -2.25. The number of carbonyl (C=O) groups excluding carboxylic acids is 1. The molecule has 1 N–H and O–H groups in total. The van der Waals surface area contributed by atoms with E-state index in [0.29, 0.717) is 29.6 Å². The summed E-state index contributed by atoms with van der Waals surface area (Å²) in [5, 5.41) is 7.50. The van der Waals surface area contributed by atoms with Crippen molar-refractivity contribution >= 4 is 33.4 Å². The summed E-state index contributed by atoms with van der Waals surface area (Å²) in [6.07, 6.45) is 3.53. The third-order valence-corrected chi connectivity index (χ3v) is 3.94. The molecule has 0 saturated carbocycles. The number of nitrogens with one attached hydrogen (secondary N) is 1. The highest BCUT2D eigenvalue weighted by Crippen LogP contribution is 2.19. The van der Waals surface area contributed by atoms with Gasteiger partial charge >= 0.3 is 0 Å². The van der Waals surface area contributed by atoms with Crippen LogP contribution in [0.2, 0.25) is 5.02 Å². The first-order valence-electron chi connectivity index (χ1n) is 7.53. The van der Waals surface area contributed by atoms with Crippen molar-refractivity contribution in [2.45, 2.75) is 13.2 Å². The topological polar surface area (TPSA) is 69.3 Å². The summed E-state index contributed by atoms with van der Waals surface area (Å²) in [4.78, 5) is 12.1. The Kier molecular flexibility index (Phi) is 5.78. The minimum atomic E-state index is -0.278. The summed E-state index contributed by atoms with van der Waals surface area (Å²) >= 11 is 9.22. The predicted molar refractivity (Wildman–Crippen MR) is 96.8 cm³/mol. The number of aromatic nitrogens is 2. The molecule has 3 aromatic rings. The number of nitrogens with zero attached hydrogens (tertiary/aromatic N) is 2. The van der Waals surface area contributed by atoms with E-state index in [4.69, 9.17) is 20.8 Å². The normalized spacial score (nSPS) is 10.6. The molecule has 6 nitrogen and oxygen atoms in total. The van der Waals surface area contributed by atoms with Gasteiger partial charge in [-0.25, -0.2) is 0 Å². The quantitative estimate of drug-likeness (QED) is 0.624. The molecule has 130 valence electrons. The minimum Gasteiger partial charge on any atom is -0.486 e. The lowest BCUT2D eigenvalue weighted by Crippen LogP contribution is -2.27. The van der Waals surface area contributed by atoms with Gasteiger partial charge in [0.05, 0.1) is 17.2 Å². The fraction of sp³-hybridized carbons (Fsp3) is 0.176. The van der Waals surface area contributed by atoms with Crippen LogP contribution < -0.4 is 10.1 Å². The van der Waals surface area contributed by atoms with Crippen molar-refractivity contribution in [2.75, 3.05) is 6.54 Å². The molecule has 0 bridgehead atoms. The van der Waals surface area contributed by atoms with Gasteiger partial charge in [-0.05, 0) is 46.3 Å². The summed E-state index contributed by atoms with van der Waals surface area (Å²) in [7, 11) is 0. The van der Waals surface area contributed by atoms with Crippen molar-refractivity contribution in [3.63, 3.8) is 0 Å². The van der Waals surface area contributed by atoms with Gasteiger partial charge in [-0.3, -0.25) is 9.48 Å². The molecule has 1 amide bonds. The van der Waals surface area contributed by atoms with Crippen LogP contribution in [-0.4, -0.2) is 22.2 Å². The third-order valence-electron chi connectivity index (χ3n) is 3.29. The van der Waals surface area contributed by atoms with E-state index < -0.39 is 0 Å². The smallest absolute Gasteiger partial charge is 0.287 e. The number of carbonyl (C=O) groups is 1. The molecular weight excluding hydrogens is 410 g/mol. The van der Waals surface area contributed by atoms with E-state index in [1.54, 1.807) is 47.3 Å². The second-order valence-corrected chi connectivity index (χ2v) is 6.54. The van der Waals surface area contributed by atoms with Crippen molar-refractivity contribution in [1.82, 2.24) is 15.1 Å². The number of hydrogen-bond acceptors (Lipinski definition) is 4. The van der Waals surface area contributed by atoms with Crippen LogP contribution in [0.25, 0.3) is 0 Å². The van der Waals surface area contributed by atoms with E-state index in [2.05, 4.69) is 26.3 Å². The molecule has 3 rings (SSSR count). The average molecular weight is 425 g/mol. The van der Waals surface area contributed by atoms with Crippen LogP contribution in [0.15, 0.2) is 57.7 Å². The molecule has 0 aliphatic heterocycles. The Bertz CT molecular complexity index is 862. The number of halogens is 2. The molecule has 0 atom stereocenters. The van der Waals surface area contributed by atoms with Crippen LogP contribution >= 0.6 is 27.5 Å².